The lowest BCUT2D eigenvalue weighted by Crippen LogP contribution is -2.47. The van der Waals surface area contributed by atoms with Crippen LogP contribution in [0.15, 0.2) is 18.5 Å². The standard InChI is InChI=1S/C15H24N4O/c1-3-17-14-10-16-8-7-13(14)15(20)18-12-6-5-9-19(4-2)11-12/h7-8,10,12,17H,3-6,9,11H2,1-2H3,(H,18,20). The molecule has 0 spiro atoms. The van der Waals surface area contributed by atoms with Gasteiger partial charge in [0.15, 0.2) is 0 Å². The number of hydrogen-bond acceptors (Lipinski definition) is 4. The summed E-state index contributed by atoms with van der Waals surface area (Å²) in [5.74, 6) is -0.00805. The summed E-state index contributed by atoms with van der Waals surface area (Å²) in [4.78, 5) is 18.9. The predicted octanol–water partition coefficient (Wildman–Crippen LogP) is 1.73. The Morgan fingerprint density at radius 2 is 2.35 bits per heavy atom. The Hall–Kier alpha value is -1.62. The van der Waals surface area contributed by atoms with Gasteiger partial charge in [0.1, 0.15) is 0 Å². The van der Waals surface area contributed by atoms with Gasteiger partial charge in [0.05, 0.1) is 17.4 Å². The van der Waals surface area contributed by atoms with Crippen LogP contribution in [-0.4, -0.2) is 48.0 Å². The first-order valence-corrected chi connectivity index (χ1v) is 7.45. The summed E-state index contributed by atoms with van der Waals surface area (Å²) >= 11 is 0. The van der Waals surface area contributed by atoms with Gasteiger partial charge in [-0.25, -0.2) is 0 Å². The molecule has 1 amide bonds. The molecule has 1 aliphatic heterocycles. The monoisotopic (exact) mass is 276 g/mol. The van der Waals surface area contributed by atoms with Crippen molar-refractivity contribution in [2.45, 2.75) is 32.7 Å². The number of carbonyl (C=O) groups is 1. The first-order valence-electron chi connectivity index (χ1n) is 7.45. The molecule has 110 valence electrons. The van der Waals surface area contributed by atoms with E-state index in [1.54, 1.807) is 18.5 Å². The van der Waals surface area contributed by atoms with Gasteiger partial charge in [-0.05, 0) is 38.9 Å². The maximum Gasteiger partial charge on any atom is 0.253 e. The number of pyridine rings is 1. The van der Waals surface area contributed by atoms with Crippen LogP contribution in [-0.2, 0) is 0 Å². The number of carbonyl (C=O) groups excluding carboxylic acids is 1. The highest BCUT2D eigenvalue weighted by Gasteiger charge is 2.21. The third kappa shape index (κ3) is 3.70. The molecule has 1 atom stereocenters. The van der Waals surface area contributed by atoms with E-state index in [0.717, 1.165) is 44.7 Å². The van der Waals surface area contributed by atoms with Crippen molar-refractivity contribution >= 4 is 11.6 Å². The van der Waals surface area contributed by atoms with Crippen LogP contribution >= 0.6 is 0 Å². The van der Waals surface area contributed by atoms with E-state index in [0.29, 0.717) is 5.56 Å². The number of piperidine rings is 1. The third-order valence-electron chi connectivity index (χ3n) is 3.72. The SMILES string of the molecule is CCNc1cnccc1C(=O)NC1CCCN(CC)C1. The van der Waals surface area contributed by atoms with Gasteiger partial charge >= 0.3 is 0 Å². The maximum absolute atomic E-state index is 12.4. The molecule has 2 N–H and O–H groups in total. The number of nitrogens with zero attached hydrogens (tertiary/aromatic N) is 2. The fourth-order valence-corrected chi connectivity index (χ4v) is 2.65. The quantitative estimate of drug-likeness (QED) is 0.860. The van der Waals surface area contributed by atoms with Gasteiger partial charge in [-0.1, -0.05) is 6.92 Å². The van der Waals surface area contributed by atoms with Gasteiger partial charge in [0.25, 0.3) is 5.91 Å². The summed E-state index contributed by atoms with van der Waals surface area (Å²) in [5.41, 5.74) is 1.48. The van der Waals surface area contributed by atoms with E-state index in [9.17, 15) is 4.79 Å². The van der Waals surface area contributed by atoms with Crippen LogP contribution in [0.5, 0.6) is 0 Å². The Morgan fingerprint density at radius 3 is 3.10 bits per heavy atom. The minimum Gasteiger partial charge on any atom is -0.383 e. The van der Waals surface area contributed by atoms with E-state index in [4.69, 9.17) is 0 Å². The Labute approximate surface area is 120 Å². The fraction of sp³-hybridized carbons (Fsp3) is 0.600. The predicted molar refractivity (Wildman–Crippen MR) is 81.0 cm³/mol. The summed E-state index contributed by atoms with van der Waals surface area (Å²) in [6, 6.07) is 2.02. The van der Waals surface area contributed by atoms with E-state index in [-0.39, 0.29) is 11.9 Å². The average Bonchev–Trinajstić information content (AvgIpc) is 2.48. The van der Waals surface area contributed by atoms with E-state index in [1.165, 1.54) is 0 Å². The van der Waals surface area contributed by atoms with Crippen molar-refractivity contribution < 1.29 is 4.79 Å². The molecule has 20 heavy (non-hydrogen) atoms. The van der Waals surface area contributed by atoms with Crippen LogP contribution in [0.1, 0.15) is 37.0 Å². The molecular formula is C15H24N4O. The molecular weight excluding hydrogens is 252 g/mol. The summed E-state index contributed by atoms with van der Waals surface area (Å²) in [5, 5.41) is 6.33. The topological polar surface area (TPSA) is 57.3 Å². The largest absolute Gasteiger partial charge is 0.383 e. The lowest BCUT2D eigenvalue weighted by Gasteiger charge is -2.32. The van der Waals surface area contributed by atoms with Crippen LogP contribution in [0.3, 0.4) is 0 Å². The normalized spacial score (nSPS) is 19.6. The zero-order valence-corrected chi connectivity index (χ0v) is 12.4. The molecule has 2 rings (SSSR count). The van der Waals surface area contributed by atoms with Crippen molar-refractivity contribution in [1.82, 2.24) is 15.2 Å². The maximum atomic E-state index is 12.4. The number of hydrogen-bond donors (Lipinski definition) is 2. The molecule has 5 heteroatoms. The fourth-order valence-electron chi connectivity index (χ4n) is 2.65. The number of aromatic nitrogens is 1. The highest BCUT2D eigenvalue weighted by Crippen LogP contribution is 2.15. The molecule has 1 aromatic heterocycles. The number of anilines is 1. The Balaban J connectivity index is 2.01. The molecule has 0 aromatic carbocycles. The van der Waals surface area contributed by atoms with Gasteiger partial charge in [-0.15, -0.1) is 0 Å². The minimum absolute atomic E-state index is 0.00805. The molecule has 1 fully saturated rings. The third-order valence-corrected chi connectivity index (χ3v) is 3.72. The van der Waals surface area contributed by atoms with Crippen molar-refractivity contribution in [1.29, 1.82) is 0 Å². The zero-order chi connectivity index (χ0) is 14.4. The van der Waals surface area contributed by atoms with Crippen molar-refractivity contribution in [3.05, 3.63) is 24.0 Å². The second-order valence-electron chi connectivity index (χ2n) is 5.16. The van der Waals surface area contributed by atoms with Crippen LogP contribution < -0.4 is 10.6 Å². The Morgan fingerprint density at radius 1 is 1.50 bits per heavy atom. The molecule has 0 aliphatic carbocycles. The van der Waals surface area contributed by atoms with E-state index >= 15 is 0 Å². The van der Waals surface area contributed by atoms with Crippen molar-refractivity contribution in [2.24, 2.45) is 0 Å². The van der Waals surface area contributed by atoms with E-state index in [2.05, 4.69) is 27.4 Å². The summed E-state index contributed by atoms with van der Waals surface area (Å²) in [6.07, 6.45) is 5.58. The number of nitrogens with one attached hydrogen (secondary N) is 2. The molecule has 1 aromatic rings. The number of rotatable bonds is 5. The lowest BCUT2D eigenvalue weighted by atomic mass is 10.1. The van der Waals surface area contributed by atoms with Gasteiger partial charge in [-0.2, -0.15) is 0 Å². The molecule has 1 saturated heterocycles. The molecule has 1 unspecified atom stereocenters. The summed E-state index contributed by atoms with van der Waals surface area (Å²) < 4.78 is 0. The molecule has 1 aliphatic rings. The second kappa shape index (κ2) is 7.24. The summed E-state index contributed by atoms with van der Waals surface area (Å²) in [6.45, 7) is 8.08. The highest BCUT2D eigenvalue weighted by molar-refractivity contribution is 5.99. The number of likely N-dealkylation sites (N-methyl/N-ethyl adjacent to an activating group) is 1. The van der Waals surface area contributed by atoms with E-state index < -0.39 is 0 Å². The molecule has 2 heterocycles. The smallest absolute Gasteiger partial charge is 0.253 e. The average molecular weight is 276 g/mol. The molecule has 0 bridgehead atoms. The molecule has 0 radical (unpaired) electrons. The van der Waals surface area contributed by atoms with Crippen LogP contribution in [0.2, 0.25) is 0 Å². The van der Waals surface area contributed by atoms with Gasteiger partial charge in [-0.3, -0.25) is 9.78 Å². The van der Waals surface area contributed by atoms with Crippen LogP contribution in [0.4, 0.5) is 5.69 Å². The van der Waals surface area contributed by atoms with Gasteiger partial charge < -0.3 is 15.5 Å². The first-order chi connectivity index (χ1) is 9.74. The first kappa shape index (κ1) is 14.8. The summed E-state index contributed by atoms with van der Waals surface area (Å²) in [7, 11) is 0. The van der Waals surface area contributed by atoms with Gasteiger partial charge in [0, 0.05) is 25.3 Å². The van der Waals surface area contributed by atoms with Crippen molar-refractivity contribution in [2.75, 3.05) is 31.5 Å². The zero-order valence-electron chi connectivity index (χ0n) is 12.4. The molecule has 5 nitrogen and oxygen atoms in total. The van der Waals surface area contributed by atoms with Crippen LogP contribution in [0.25, 0.3) is 0 Å². The highest BCUT2D eigenvalue weighted by atomic mass is 16.1. The lowest BCUT2D eigenvalue weighted by molar-refractivity contribution is 0.0906. The van der Waals surface area contributed by atoms with Crippen molar-refractivity contribution in [3.8, 4) is 0 Å². The number of amides is 1. The van der Waals surface area contributed by atoms with Crippen LogP contribution in [0, 0.1) is 0 Å². The Kier molecular flexibility index (Phi) is 5.35. The molecule has 0 saturated carbocycles. The number of likely N-dealkylation sites (tertiary alicyclic amines) is 1. The Bertz CT molecular complexity index is 449. The van der Waals surface area contributed by atoms with E-state index in [1.807, 2.05) is 6.92 Å². The van der Waals surface area contributed by atoms with Crippen molar-refractivity contribution in [3.63, 3.8) is 0 Å². The minimum atomic E-state index is -0.00805. The second-order valence-corrected chi connectivity index (χ2v) is 5.16. The van der Waals surface area contributed by atoms with Gasteiger partial charge in [0.2, 0.25) is 0 Å².